The van der Waals surface area contributed by atoms with E-state index in [1.807, 2.05) is 63.4 Å². The third-order valence-corrected chi connectivity index (χ3v) is 10.1. The number of methoxy groups -OCH3 is 1. The van der Waals surface area contributed by atoms with Crippen molar-refractivity contribution in [1.29, 1.82) is 5.26 Å². The van der Waals surface area contributed by atoms with Crippen molar-refractivity contribution < 1.29 is 23.7 Å². The Morgan fingerprint density at radius 2 is 1.83 bits per heavy atom. The molecular weight excluding hydrogens is 544 g/mol. The fraction of sp³-hybridized carbons (Fsp3) is 0.529. The number of likely N-dealkylation sites (N-methyl/N-ethyl adjacent to an activating group) is 1. The summed E-state index contributed by atoms with van der Waals surface area (Å²) in [6, 6.07) is 21.1. The van der Waals surface area contributed by atoms with Crippen molar-refractivity contribution in [3.8, 4) is 11.8 Å². The third-order valence-electron chi connectivity index (χ3n) is 8.53. The minimum atomic E-state index is -1.46. The number of allylic oxidation sites excluding steroid dienone is 1. The molecule has 0 aromatic heterocycles. The van der Waals surface area contributed by atoms with Crippen molar-refractivity contribution in [3.63, 3.8) is 0 Å². The molecule has 0 unspecified atom stereocenters. The Morgan fingerprint density at radius 1 is 1.17 bits per heavy atom. The van der Waals surface area contributed by atoms with Gasteiger partial charge in [-0.15, -0.1) is 6.58 Å². The molecule has 2 aromatic rings. The second-order valence-electron chi connectivity index (χ2n) is 13.3. The van der Waals surface area contributed by atoms with E-state index in [-0.39, 0.29) is 30.6 Å². The van der Waals surface area contributed by atoms with Crippen molar-refractivity contribution in [2.75, 3.05) is 27.4 Å². The largest absolute Gasteiger partial charge is 0.497 e. The van der Waals surface area contributed by atoms with Crippen LogP contribution < -0.4 is 4.74 Å². The Kier molecular flexibility index (Phi) is 9.68. The molecule has 2 fully saturated rings. The van der Waals surface area contributed by atoms with Gasteiger partial charge in [-0.25, -0.2) is 0 Å². The van der Waals surface area contributed by atoms with Crippen LogP contribution in [-0.2, 0) is 24.5 Å². The quantitative estimate of drug-likeness (QED) is 0.173. The summed E-state index contributed by atoms with van der Waals surface area (Å²) < 4.78 is 23.9. The van der Waals surface area contributed by atoms with Gasteiger partial charge in [0.05, 0.1) is 38.4 Å². The number of nitrogens with zero attached hydrogens (tertiary/aromatic N) is 2. The molecule has 2 aliphatic rings. The van der Waals surface area contributed by atoms with Crippen molar-refractivity contribution in [3.05, 3.63) is 77.9 Å². The Labute approximate surface area is 252 Å². The molecule has 5 atom stereocenters. The van der Waals surface area contributed by atoms with E-state index in [2.05, 4.69) is 49.3 Å². The zero-order valence-electron chi connectivity index (χ0n) is 26.2. The Balaban J connectivity index is 1.85. The van der Waals surface area contributed by atoms with Crippen LogP contribution in [0.5, 0.6) is 5.75 Å². The Bertz CT molecular complexity index is 1280. The smallest absolute Gasteiger partial charge is 0.309 e. The molecule has 2 heterocycles. The highest BCUT2D eigenvalue weighted by molar-refractivity contribution is 6.76. The van der Waals surface area contributed by atoms with Crippen LogP contribution in [0.15, 0.2) is 66.7 Å². The van der Waals surface area contributed by atoms with Crippen molar-refractivity contribution in [2.24, 2.45) is 11.8 Å². The van der Waals surface area contributed by atoms with E-state index in [4.69, 9.17) is 18.9 Å². The Hall–Kier alpha value is -2.96. The number of carbonyl (C=O) groups excluding carboxylic acids is 1. The third kappa shape index (κ3) is 6.81. The number of rotatable bonds is 10. The fourth-order valence-corrected chi connectivity index (χ4v) is 8.31. The molecule has 0 bridgehead atoms. The highest BCUT2D eigenvalue weighted by Gasteiger charge is 2.55. The van der Waals surface area contributed by atoms with E-state index in [0.717, 1.165) is 22.7 Å². The van der Waals surface area contributed by atoms with Crippen LogP contribution in [0.2, 0.25) is 25.7 Å². The SMILES string of the molecule is C=C(C[C@@H]1C(=O)OCC[C@H]1[C@](C#N)(c1ccc(OC)cc1)N(C)[C@H]1COC(C)(C)O[C@H]1c1ccccc1)C[Si](C)(C)C. The Morgan fingerprint density at radius 3 is 2.43 bits per heavy atom. The topological polar surface area (TPSA) is 81.0 Å². The minimum absolute atomic E-state index is 0.263. The average molecular weight is 591 g/mol. The maximum atomic E-state index is 13.5. The average Bonchev–Trinajstić information content (AvgIpc) is 2.94. The first-order chi connectivity index (χ1) is 19.8. The van der Waals surface area contributed by atoms with E-state index >= 15 is 0 Å². The van der Waals surface area contributed by atoms with Gasteiger partial charge in [0.15, 0.2) is 5.79 Å². The molecule has 4 rings (SSSR count). The van der Waals surface area contributed by atoms with E-state index < -0.39 is 25.3 Å². The number of hydrogen-bond acceptors (Lipinski definition) is 7. The maximum absolute atomic E-state index is 13.5. The normalized spacial score (nSPS) is 25.6. The first-order valence-electron chi connectivity index (χ1n) is 14.8. The van der Waals surface area contributed by atoms with E-state index in [0.29, 0.717) is 25.2 Å². The number of nitriles is 1. The van der Waals surface area contributed by atoms with Gasteiger partial charge in [-0.2, -0.15) is 5.26 Å². The fourth-order valence-electron chi connectivity index (χ4n) is 6.67. The van der Waals surface area contributed by atoms with E-state index in [1.165, 1.54) is 0 Å². The molecular formula is C34H46N2O5Si. The summed E-state index contributed by atoms with van der Waals surface area (Å²) in [4.78, 5) is 15.6. The molecule has 0 N–H and O–H groups in total. The number of cyclic esters (lactones) is 1. The van der Waals surface area contributed by atoms with Gasteiger partial charge in [0, 0.05) is 14.0 Å². The number of ether oxygens (including phenoxy) is 4. The van der Waals surface area contributed by atoms with Crippen molar-refractivity contribution in [1.82, 2.24) is 4.90 Å². The van der Waals surface area contributed by atoms with Crippen LogP contribution >= 0.6 is 0 Å². The molecule has 42 heavy (non-hydrogen) atoms. The number of esters is 1. The molecule has 0 radical (unpaired) electrons. The maximum Gasteiger partial charge on any atom is 0.309 e. The van der Waals surface area contributed by atoms with Crippen LogP contribution in [0.1, 0.15) is 43.9 Å². The van der Waals surface area contributed by atoms with Gasteiger partial charge < -0.3 is 18.9 Å². The molecule has 2 saturated heterocycles. The van der Waals surface area contributed by atoms with Gasteiger partial charge in [0.2, 0.25) is 0 Å². The molecule has 2 aliphatic heterocycles. The molecule has 8 heteroatoms. The predicted octanol–water partition coefficient (Wildman–Crippen LogP) is 6.70. The van der Waals surface area contributed by atoms with Gasteiger partial charge in [0.25, 0.3) is 0 Å². The summed E-state index contributed by atoms with van der Waals surface area (Å²) in [6.07, 6.45) is 0.687. The second-order valence-corrected chi connectivity index (χ2v) is 18.8. The lowest BCUT2D eigenvalue weighted by Gasteiger charge is -2.53. The van der Waals surface area contributed by atoms with Crippen LogP contribution in [-0.4, -0.2) is 58.1 Å². The van der Waals surface area contributed by atoms with Crippen molar-refractivity contribution in [2.45, 2.75) is 75.8 Å². The van der Waals surface area contributed by atoms with E-state index in [1.54, 1.807) is 7.11 Å². The lowest BCUT2D eigenvalue weighted by molar-refractivity contribution is -0.301. The second kappa shape index (κ2) is 12.7. The molecule has 0 spiro atoms. The zero-order valence-corrected chi connectivity index (χ0v) is 27.2. The summed E-state index contributed by atoms with van der Waals surface area (Å²) in [5.74, 6) is -1.22. The molecule has 0 aliphatic carbocycles. The predicted molar refractivity (Wildman–Crippen MR) is 167 cm³/mol. The number of benzene rings is 2. The summed E-state index contributed by atoms with van der Waals surface area (Å²) in [7, 11) is 2.13. The van der Waals surface area contributed by atoms with Crippen LogP contribution in [0.4, 0.5) is 0 Å². The molecule has 7 nitrogen and oxygen atoms in total. The molecule has 0 saturated carbocycles. The van der Waals surface area contributed by atoms with Crippen LogP contribution in [0.3, 0.4) is 0 Å². The molecule has 226 valence electrons. The molecule has 2 aromatic carbocycles. The van der Waals surface area contributed by atoms with Crippen molar-refractivity contribution >= 4 is 14.0 Å². The first-order valence-corrected chi connectivity index (χ1v) is 18.5. The highest BCUT2D eigenvalue weighted by atomic mass is 28.3. The summed E-state index contributed by atoms with van der Waals surface area (Å²) in [5, 5.41) is 11.3. The number of carbonyl (C=O) groups is 1. The standard InChI is InChI=1S/C34H46N2O5Si/c1-24(22-42(6,7)8)20-28-29(18-19-39-32(28)37)34(23-35,26-14-16-27(38-5)17-15-26)36(4)30-21-40-33(2,3)41-31(30)25-12-10-9-11-13-25/h9-17,28-31H,1,18-22H2,2-8H3/t28-,29+,30-,31-,34-/m0/s1. The zero-order chi connectivity index (χ0) is 30.7. The highest BCUT2D eigenvalue weighted by Crippen LogP contribution is 2.49. The van der Waals surface area contributed by atoms with Crippen LogP contribution in [0.25, 0.3) is 0 Å². The monoisotopic (exact) mass is 590 g/mol. The summed E-state index contributed by atoms with van der Waals surface area (Å²) in [5.41, 5.74) is 1.66. The van der Waals surface area contributed by atoms with Crippen LogP contribution in [0, 0.1) is 23.2 Å². The van der Waals surface area contributed by atoms with Gasteiger partial charge in [-0.1, -0.05) is 67.7 Å². The minimum Gasteiger partial charge on any atom is -0.497 e. The molecule has 0 amide bonds. The van der Waals surface area contributed by atoms with Gasteiger partial charge in [0.1, 0.15) is 17.4 Å². The van der Waals surface area contributed by atoms with Gasteiger partial charge >= 0.3 is 5.97 Å². The lowest BCUT2D eigenvalue weighted by atomic mass is 9.67. The first kappa shape index (κ1) is 32.0. The lowest BCUT2D eigenvalue weighted by Crippen LogP contribution is -2.61. The van der Waals surface area contributed by atoms with E-state index in [9.17, 15) is 10.1 Å². The number of hydrogen-bond donors (Lipinski definition) is 0. The summed E-state index contributed by atoms with van der Waals surface area (Å²) in [6.45, 7) is 15.7. The summed E-state index contributed by atoms with van der Waals surface area (Å²) >= 11 is 0. The van der Waals surface area contributed by atoms with Gasteiger partial charge in [-0.3, -0.25) is 9.69 Å². The van der Waals surface area contributed by atoms with Gasteiger partial charge in [-0.05, 0) is 63.0 Å².